The van der Waals surface area contributed by atoms with Crippen molar-refractivity contribution < 1.29 is 0 Å². The lowest BCUT2D eigenvalue weighted by atomic mass is 10.1. The summed E-state index contributed by atoms with van der Waals surface area (Å²) in [7, 11) is 0. The van der Waals surface area contributed by atoms with Gasteiger partial charge in [-0.05, 0) is 29.7 Å². The second kappa shape index (κ2) is 6.22. The van der Waals surface area contributed by atoms with Crippen molar-refractivity contribution in [1.29, 1.82) is 0 Å². The van der Waals surface area contributed by atoms with Crippen LogP contribution in [-0.2, 0) is 13.0 Å². The minimum atomic E-state index is 0.802. The van der Waals surface area contributed by atoms with Crippen LogP contribution in [0.15, 0.2) is 61.3 Å². The Hall–Kier alpha value is -2.62. The molecule has 3 rings (SSSR count). The van der Waals surface area contributed by atoms with Crippen molar-refractivity contribution in [1.82, 2.24) is 14.5 Å². The largest absolute Gasteiger partial charge is 0.380 e. The molecule has 1 aromatic carbocycles. The van der Waals surface area contributed by atoms with Gasteiger partial charge >= 0.3 is 0 Å². The molecule has 2 heterocycles. The number of nitrogens with zero attached hydrogens (tertiary/aromatic N) is 3. The van der Waals surface area contributed by atoms with Crippen molar-refractivity contribution in [3.63, 3.8) is 0 Å². The fraction of sp³-hybridized carbons (Fsp3) is 0.176. The van der Waals surface area contributed by atoms with Gasteiger partial charge in [0.05, 0.1) is 11.9 Å². The number of hydrogen-bond donors (Lipinski definition) is 1. The summed E-state index contributed by atoms with van der Waals surface area (Å²) in [5.74, 6) is 0.866. The van der Waals surface area contributed by atoms with Gasteiger partial charge in [0.1, 0.15) is 12.1 Å². The highest BCUT2D eigenvalue weighted by Crippen LogP contribution is 2.12. The van der Waals surface area contributed by atoms with Crippen LogP contribution in [0.2, 0.25) is 0 Å². The first-order chi connectivity index (χ1) is 10.3. The predicted octanol–water partition coefficient (Wildman–Crippen LogP) is 3.44. The molecular formula is C17H18N4. The van der Waals surface area contributed by atoms with Gasteiger partial charge in [-0.1, -0.05) is 31.2 Å². The van der Waals surface area contributed by atoms with Gasteiger partial charge in [-0.25, -0.2) is 9.97 Å². The third-order valence-electron chi connectivity index (χ3n) is 3.44. The Bertz CT molecular complexity index is 670. The van der Waals surface area contributed by atoms with Gasteiger partial charge in [0.25, 0.3) is 0 Å². The number of benzene rings is 1. The monoisotopic (exact) mass is 278 g/mol. The average Bonchev–Trinajstić information content (AvgIpc) is 3.08. The molecule has 2 aromatic heterocycles. The molecule has 21 heavy (non-hydrogen) atoms. The summed E-state index contributed by atoms with van der Waals surface area (Å²) in [4.78, 5) is 8.44. The van der Waals surface area contributed by atoms with Crippen molar-refractivity contribution >= 4 is 5.69 Å². The zero-order valence-electron chi connectivity index (χ0n) is 12.0. The van der Waals surface area contributed by atoms with Crippen LogP contribution in [0.4, 0.5) is 5.69 Å². The molecule has 106 valence electrons. The number of imidazole rings is 1. The van der Waals surface area contributed by atoms with Gasteiger partial charge in [0.2, 0.25) is 0 Å². The van der Waals surface area contributed by atoms with E-state index in [1.807, 2.05) is 29.1 Å². The number of nitrogens with one attached hydrogen (secondary N) is 1. The molecule has 0 amide bonds. The molecule has 4 heteroatoms. The summed E-state index contributed by atoms with van der Waals surface area (Å²) < 4.78 is 1.88. The Morgan fingerprint density at radius 3 is 2.48 bits per heavy atom. The highest BCUT2D eigenvalue weighted by molar-refractivity contribution is 5.44. The van der Waals surface area contributed by atoms with E-state index in [2.05, 4.69) is 46.5 Å². The van der Waals surface area contributed by atoms with Crippen LogP contribution in [0.25, 0.3) is 5.82 Å². The standard InChI is InChI=1S/C17H18N4/c1-2-14-3-5-15(6-4-14)11-19-16-7-8-17(20-12-16)21-10-9-18-13-21/h3-10,12-13,19H,2,11H2,1H3. The van der Waals surface area contributed by atoms with Crippen molar-refractivity contribution in [3.8, 4) is 5.82 Å². The van der Waals surface area contributed by atoms with Crippen LogP contribution in [0.3, 0.4) is 0 Å². The summed E-state index contributed by atoms with van der Waals surface area (Å²) in [6.07, 6.45) is 8.28. The number of pyridine rings is 1. The fourth-order valence-corrected chi connectivity index (χ4v) is 2.13. The van der Waals surface area contributed by atoms with E-state index in [9.17, 15) is 0 Å². The van der Waals surface area contributed by atoms with Gasteiger partial charge in [-0.15, -0.1) is 0 Å². The highest BCUT2D eigenvalue weighted by Gasteiger charge is 1.98. The summed E-state index contributed by atoms with van der Waals surface area (Å²) in [5, 5.41) is 3.38. The topological polar surface area (TPSA) is 42.7 Å². The molecule has 0 saturated carbocycles. The van der Waals surface area contributed by atoms with E-state index >= 15 is 0 Å². The lowest BCUT2D eigenvalue weighted by Crippen LogP contribution is -2.01. The third kappa shape index (κ3) is 3.28. The third-order valence-corrected chi connectivity index (χ3v) is 3.44. The maximum Gasteiger partial charge on any atom is 0.137 e. The van der Waals surface area contributed by atoms with E-state index in [0.717, 1.165) is 24.5 Å². The first-order valence-corrected chi connectivity index (χ1v) is 7.11. The van der Waals surface area contributed by atoms with Crippen molar-refractivity contribution in [2.24, 2.45) is 0 Å². The lowest BCUT2D eigenvalue weighted by molar-refractivity contribution is 0.990. The minimum absolute atomic E-state index is 0.802. The SMILES string of the molecule is CCc1ccc(CNc2ccc(-n3ccnc3)nc2)cc1. The number of aromatic nitrogens is 3. The van der Waals surface area contributed by atoms with Crippen molar-refractivity contribution in [2.75, 3.05) is 5.32 Å². The average molecular weight is 278 g/mol. The van der Waals surface area contributed by atoms with E-state index in [1.54, 1.807) is 12.5 Å². The van der Waals surface area contributed by atoms with Gasteiger partial charge in [-0.2, -0.15) is 0 Å². The van der Waals surface area contributed by atoms with Crippen LogP contribution < -0.4 is 5.32 Å². The van der Waals surface area contributed by atoms with E-state index < -0.39 is 0 Å². The molecule has 1 N–H and O–H groups in total. The quantitative estimate of drug-likeness (QED) is 0.777. The molecule has 0 spiro atoms. The maximum absolute atomic E-state index is 4.42. The summed E-state index contributed by atoms with van der Waals surface area (Å²) in [6, 6.07) is 12.7. The van der Waals surface area contributed by atoms with E-state index in [-0.39, 0.29) is 0 Å². The second-order valence-electron chi connectivity index (χ2n) is 4.90. The van der Waals surface area contributed by atoms with Crippen LogP contribution >= 0.6 is 0 Å². The van der Waals surface area contributed by atoms with E-state index in [0.29, 0.717) is 0 Å². The Balaban J connectivity index is 1.62. The van der Waals surface area contributed by atoms with E-state index in [1.165, 1.54) is 11.1 Å². The number of hydrogen-bond acceptors (Lipinski definition) is 3. The van der Waals surface area contributed by atoms with Crippen LogP contribution in [0, 0.1) is 0 Å². The maximum atomic E-state index is 4.42. The van der Waals surface area contributed by atoms with Crippen LogP contribution in [0.5, 0.6) is 0 Å². The number of aryl methyl sites for hydroxylation is 1. The number of rotatable bonds is 5. The molecule has 0 aliphatic rings. The Kier molecular flexibility index (Phi) is 3.96. The normalized spacial score (nSPS) is 10.5. The smallest absolute Gasteiger partial charge is 0.137 e. The Labute approximate surface area is 124 Å². The van der Waals surface area contributed by atoms with Crippen LogP contribution in [-0.4, -0.2) is 14.5 Å². The lowest BCUT2D eigenvalue weighted by Gasteiger charge is -2.08. The van der Waals surface area contributed by atoms with E-state index in [4.69, 9.17) is 0 Å². The molecule has 4 nitrogen and oxygen atoms in total. The molecule has 3 aromatic rings. The molecule has 0 aliphatic carbocycles. The van der Waals surface area contributed by atoms with Crippen LogP contribution in [0.1, 0.15) is 18.1 Å². The second-order valence-corrected chi connectivity index (χ2v) is 4.90. The molecule has 0 unspecified atom stereocenters. The molecule has 0 fully saturated rings. The molecule has 0 saturated heterocycles. The molecule has 0 radical (unpaired) electrons. The predicted molar refractivity (Wildman–Crippen MR) is 84.5 cm³/mol. The zero-order valence-corrected chi connectivity index (χ0v) is 12.0. The first kappa shape index (κ1) is 13.4. The van der Waals surface area contributed by atoms with Crippen molar-refractivity contribution in [2.45, 2.75) is 19.9 Å². The first-order valence-electron chi connectivity index (χ1n) is 7.11. The molecule has 0 bridgehead atoms. The summed E-state index contributed by atoms with van der Waals surface area (Å²) in [6.45, 7) is 2.97. The van der Waals surface area contributed by atoms with Gasteiger partial charge in [-0.3, -0.25) is 4.57 Å². The minimum Gasteiger partial charge on any atom is -0.380 e. The van der Waals surface area contributed by atoms with Gasteiger partial charge < -0.3 is 5.32 Å². The van der Waals surface area contributed by atoms with Crippen molar-refractivity contribution in [3.05, 3.63) is 72.4 Å². The fourth-order valence-electron chi connectivity index (χ4n) is 2.13. The van der Waals surface area contributed by atoms with Gasteiger partial charge in [0.15, 0.2) is 0 Å². The Morgan fingerprint density at radius 1 is 1.05 bits per heavy atom. The summed E-state index contributed by atoms with van der Waals surface area (Å²) >= 11 is 0. The highest BCUT2D eigenvalue weighted by atomic mass is 15.1. The number of anilines is 1. The molecule has 0 atom stereocenters. The van der Waals surface area contributed by atoms with Gasteiger partial charge in [0, 0.05) is 18.9 Å². The Morgan fingerprint density at radius 2 is 1.86 bits per heavy atom. The summed E-state index contributed by atoms with van der Waals surface area (Å²) in [5.41, 5.74) is 3.65. The zero-order chi connectivity index (χ0) is 14.5. The molecule has 0 aliphatic heterocycles. The molecular weight excluding hydrogens is 260 g/mol.